The summed E-state index contributed by atoms with van der Waals surface area (Å²) in [6.07, 6.45) is -13.7. The van der Waals surface area contributed by atoms with Gasteiger partial charge in [-0.15, -0.1) is 0 Å². The maximum Gasteiger partial charge on any atom is 0.426 e. The molecule has 0 saturated heterocycles. The van der Waals surface area contributed by atoms with Crippen LogP contribution in [0.5, 0.6) is 0 Å². The van der Waals surface area contributed by atoms with E-state index in [9.17, 15) is 26.3 Å². The van der Waals surface area contributed by atoms with Gasteiger partial charge in [0.25, 0.3) is 5.60 Å². The molecule has 0 aliphatic heterocycles. The lowest BCUT2D eigenvalue weighted by Gasteiger charge is -2.40. The monoisotopic (exact) mass is 310 g/mol. The molecule has 0 saturated carbocycles. The van der Waals surface area contributed by atoms with Crippen LogP contribution in [0.3, 0.4) is 0 Å². The van der Waals surface area contributed by atoms with E-state index in [0.717, 1.165) is 6.92 Å². The average Bonchev–Trinajstić information content (AvgIpc) is 2.25. The second-order valence-electron chi connectivity index (χ2n) is 4.68. The molecule has 0 amide bonds. The van der Waals surface area contributed by atoms with Crippen molar-refractivity contribution in [2.24, 2.45) is 5.92 Å². The van der Waals surface area contributed by atoms with Crippen molar-refractivity contribution >= 4 is 0 Å². The van der Waals surface area contributed by atoms with Crippen molar-refractivity contribution in [3.05, 3.63) is 0 Å². The lowest BCUT2D eigenvalue weighted by molar-refractivity contribution is -0.410. The first-order chi connectivity index (χ1) is 8.91. The molecule has 122 valence electrons. The Balaban J connectivity index is 5.57. The molecule has 20 heavy (non-hydrogen) atoms. The molecule has 0 aliphatic rings. The molecule has 0 N–H and O–H groups in total. The van der Waals surface area contributed by atoms with Gasteiger partial charge in [-0.2, -0.15) is 26.3 Å². The maximum absolute atomic E-state index is 13.1. The van der Waals surface area contributed by atoms with E-state index >= 15 is 0 Å². The van der Waals surface area contributed by atoms with Gasteiger partial charge in [0, 0.05) is 6.61 Å². The van der Waals surface area contributed by atoms with E-state index in [0.29, 0.717) is 0 Å². The molecular weight excluding hydrogens is 290 g/mol. The second-order valence-corrected chi connectivity index (χ2v) is 4.68. The van der Waals surface area contributed by atoms with Crippen LogP contribution in [0.2, 0.25) is 0 Å². The van der Waals surface area contributed by atoms with E-state index in [1.165, 1.54) is 20.8 Å². The summed E-state index contributed by atoms with van der Waals surface area (Å²) in [4.78, 5) is 0. The first-order valence-electron chi connectivity index (χ1n) is 6.34. The fourth-order valence-electron chi connectivity index (χ4n) is 1.76. The smallest absolute Gasteiger partial charge is 0.353 e. The van der Waals surface area contributed by atoms with E-state index in [1.54, 1.807) is 0 Å². The predicted molar refractivity (Wildman–Crippen MR) is 61.1 cm³/mol. The molecular formula is C12H20F6O2. The second kappa shape index (κ2) is 6.98. The minimum Gasteiger partial charge on any atom is -0.353 e. The minimum absolute atomic E-state index is 0.0453. The largest absolute Gasteiger partial charge is 0.426 e. The summed E-state index contributed by atoms with van der Waals surface area (Å²) >= 11 is 0. The molecule has 0 radical (unpaired) electrons. The van der Waals surface area contributed by atoms with Crippen molar-refractivity contribution in [1.82, 2.24) is 0 Å². The minimum atomic E-state index is -5.57. The molecule has 0 fully saturated rings. The Morgan fingerprint density at radius 2 is 1.35 bits per heavy atom. The van der Waals surface area contributed by atoms with Crippen molar-refractivity contribution in [2.75, 3.05) is 6.61 Å². The van der Waals surface area contributed by atoms with Crippen LogP contribution in [-0.2, 0) is 9.47 Å². The fraction of sp³-hybridized carbons (Fsp3) is 1.00. The molecule has 0 bridgehead atoms. The Bertz CT molecular complexity index is 273. The summed E-state index contributed by atoms with van der Waals surface area (Å²) in [5.41, 5.74) is -4.20. The van der Waals surface area contributed by atoms with Gasteiger partial charge >= 0.3 is 12.4 Å². The van der Waals surface area contributed by atoms with E-state index in [4.69, 9.17) is 0 Å². The van der Waals surface area contributed by atoms with Crippen LogP contribution in [0.25, 0.3) is 0 Å². The molecule has 0 aliphatic carbocycles. The van der Waals surface area contributed by atoms with E-state index in [1.807, 2.05) is 0 Å². The summed E-state index contributed by atoms with van der Waals surface area (Å²) in [6, 6.07) is 0. The van der Waals surface area contributed by atoms with Gasteiger partial charge in [-0.25, -0.2) is 0 Å². The van der Waals surface area contributed by atoms with E-state index in [-0.39, 0.29) is 13.0 Å². The molecule has 0 aromatic heterocycles. The van der Waals surface area contributed by atoms with E-state index < -0.39 is 36.6 Å². The van der Waals surface area contributed by atoms with Crippen LogP contribution in [0.4, 0.5) is 26.3 Å². The van der Waals surface area contributed by atoms with Crippen molar-refractivity contribution in [3.63, 3.8) is 0 Å². The summed E-state index contributed by atoms with van der Waals surface area (Å²) in [7, 11) is 0. The molecule has 0 heterocycles. The Morgan fingerprint density at radius 3 is 1.65 bits per heavy atom. The zero-order valence-electron chi connectivity index (χ0n) is 11.9. The number of hydrogen-bond donors (Lipinski definition) is 0. The first kappa shape index (κ1) is 19.5. The van der Waals surface area contributed by atoms with Gasteiger partial charge in [-0.1, -0.05) is 20.3 Å². The highest BCUT2D eigenvalue weighted by molar-refractivity contribution is 4.97. The van der Waals surface area contributed by atoms with Gasteiger partial charge < -0.3 is 9.47 Å². The van der Waals surface area contributed by atoms with Gasteiger partial charge in [0.05, 0.1) is 0 Å². The SMILES string of the molecule is CCOC(C)OC(CC(C)CC)(C(F)(F)F)C(F)(F)F. The predicted octanol–water partition coefficient (Wildman–Crippen LogP) is 4.69. The topological polar surface area (TPSA) is 18.5 Å². The summed E-state index contributed by atoms with van der Waals surface area (Å²) in [5.74, 6) is -0.799. The van der Waals surface area contributed by atoms with Gasteiger partial charge in [0.15, 0.2) is 6.29 Å². The normalized spacial score (nSPS) is 17.1. The Kier molecular flexibility index (Phi) is 6.80. The number of rotatable bonds is 7. The zero-order chi connectivity index (χ0) is 16.2. The third-order valence-electron chi connectivity index (χ3n) is 3.02. The highest BCUT2D eigenvalue weighted by Crippen LogP contribution is 2.50. The molecule has 0 rings (SSSR count). The van der Waals surface area contributed by atoms with Crippen molar-refractivity contribution in [2.45, 2.75) is 64.8 Å². The molecule has 0 spiro atoms. The summed E-state index contributed by atoms with van der Waals surface area (Å²) in [5, 5.41) is 0. The Hall–Kier alpha value is -0.500. The van der Waals surface area contributed by atoms with Crippen LogP contribution in [0.15, 0.2) is 0 Å². The maximum atomic E-state index is 13.1. The van der Waals surface area contributed by atoms with Crippen LogP contribution < -0.4 is 0 Å². The lowest BCUT2D eigenvalue weighted by atomic mass is 9.88. The van der Waals surface area contributed by atoms with Gasteiger partial charge in [0.1, 0.15) is 0 Å². The van der Waals surface area contributed by atoms with Crippen LogP contribution in [0, 0.1) is 5.92 Å². The number of hydrogen-bond acceptors (Lipinski definition) is 2. The Morgan fingerprint density at radius 1 is 0.900 bits per heavy atom. The molecule has 0 aromatic carbocycles. The van der Waals surface area contributed by atoms with Gasteiger partial charge in [-0.3, -0.25) is 0 Å². The third-order valence-corrected chi connectivity index (χ3v) is 3.02. The van der Waals surface area contributed by atoms with Crippen LogP contribution >= 0.6 is 0 Å². The Labute approximate surface area is 114 Å². The van der Waals surface area contributed by atoms with Gasteiger partial charge in [0.2, 0.25) is 0 Å². The highest BCUT2D eigenvalue weighted by atomic mass is 19.4. The molecule has 0 aromatic rings. The third kappa shape index (κ3) is 4.51. The molecule has 2 nitrogen and oxygen atoms in total. The average molecular weight is 310 g/mol. The van der Waals surface area contributed by atoms with Crippen LogP contribution in [-0.4, -0.2) is 30.9 Å². The van der Waals surface area contributed by atoms with Gasteiger partial charge in [-0.05, 0) is 26.2 Å². The van der Waals surface area contributed by atoms with Crippen molar-refractivity contribution < 1.29 is 35.8 Å². The fourth-order valence-corrected chi connectivity index (χ4v) is 1.76. The van der Waals surface area contributed by atoms with E-state index in [2.05, 4.69) is 9.47 Å². The molecule has 2 unspecified atom stereocenters. The zero-order valence-corrected chi connectivity index (χ0v) is 11.9. The first-order valence-corrected chi connectivity index (χ1v) is 6.34. The number of alkyl halides is 6. The summed E-state index contributed by atoms with van der Waals surface area (Å²) in [6.45, 7) is 5.27. The molecule has 2 atom stereocenters. The number of ether oxygens (including phenoxy) is 2. The van der Waals surface area contributed by atoms with Crippen molar-refractivity contribution in [3.8, 4) is 0 Å². The highest BCUT2D eigenvalue weighted by Gasteiger charge is 2.72. The number of halogens is 6. The summed E-state index contributed by atoms with van der Waals surface area (Å²) < 4.78 is 87.4. The molecule has 8 heteroatoms. The standard InChI is InChI=1S/C12H20F6O2/c1-5-8(3)7-10(11(13,14)15,12(16,17)18)20-9(4)19-6-2/h8-9H,5-7H2,1-4H3. The van der Waals surface area contributed by atoms with Crippen LogP contribution in [0.1, 0.15) is 40.5 Å². The van der Waals surface area contributed by atoms with Crippen molar-refractivity contribution in [1.29, 1.82) is 0 Å². The lowest BCUT2D eigenvalue weighted by Crippen LogP contribution is -2.60. The quantitative estimate of drug-likeness (QED) is 0.502.